The Morgan fingerprint density at radius 2 is 1.66 bits per heavy atom. The van der Waals surface area contributed by atoms with Gasteiger partial charge in [-0.05, 0) is 30.2 Å². The number of piperazine rings is 1. The molecule has 3 heterocycles. The van der Waals surface area contributed by atoms with E-state index >= 15 is 0 Å². The molecule has 4 rings (SSSR count). The zero-order chi connectivity index (χ0) is 30.4. The van der Waals surface area contributed by atoms with Crippen molar-refractivity contribution in [2.75, 3.05) is 45.9 Å². The van der Waals surface area contributed by atoms with Gasteiger partial charge in [0.1, 0.15) is 17.5 Å². The molecule has 1 aromatic heterocycles. The van der Waals surface area contributed by atoms with Crippen LogP contribution in [-0.4, -0.2) is 100 Å². The summed E-state index contributed by atoms with van der Waals surface area (Å²) in [6.07, 6.45) is -4.55. The standard InChI is InChI=1S/C19H28N2O6.C6H4F3NO.C3H8/c22-16-5-10-26-17(19(16)25)12-21-8-6-20(7-9-21)11-14-1-3-15(4-2-14)27-13-18(23)24;7-6(8,9)4-2-1-3-5(11)10-4;1-3-2/h1-4,16-17,19,22,25H,5-13H2,(H,23,24);1-3H,(H,10,11);3H2,1-2H3. The number of aliphatic hydroxyl groups is 2. The summed E-state index contributed by atoms with van der Waals surface area (Å²) in [4.78, 5) is 27.2. The van der Waals surface area contributed by atoms with Crippen molar-refractivity contribution < 1.29 is 42.8 Å². The molecule has 0 amide bonds. The number of aliphatic carboxylic acids is 1. The number of carboxylic acid groups (broad SMARTS) is 1. The molecule has 3 atom stereocenters. The summed E-state index contributed by atoms with van der Waals surface area (Å²) >= 11 is 0. The molecular weight excluding hydrogens is 547 g/mol. The number of benzene rings is 1. The van der Waals surface area contributed by atoms with E-state index in [2.05, 4.69) is 23.6 Å². The molecule has 3 unspecified atom stereocenters. The maximum atomic E-state index is 11.8. The van der Waals surface area contributed by atoms with Gasteiger partial charge < -0.3 is 29.8 Å². The maximum Gasteiger partial charge on any atom is 0.431 e. The Morgan fingerprint density at radius 3 is 2.20 bits per heavy atom. The van der Waals surface area contributed by atoms with Crippen molar-refractivity contribution >= 4 is 5.97 Å². The molecule has 2 aromatic rings. The zero-order valence-corrected chi connectivity index (χ0v) is 23.3. The van der Waals surface area contributed by atoms with E-state index in [9.17, 15) is 33.0 Å². The van der Waals surface area contributed by atoms with Crippen LogP contribution in [0, 0.1) is 0 Å². The number of carboxylic acids is 1. The van der Waals surface area contributed by atoms with Gasteiger partial charge in [-0.1, -0.05) is 38.5 Å². The minimum Gasteiger partial charge on any atom is -0.482 e. The van der Waals surface area contributed by atoms with Crippen molar-refractivity contribution in [2.45, 2.75) is 57.7 Å². The van der Waals surface area contributed by atoms with E-state index in [-0.39, 0.29) is 12.7 Å². The summed E-state index contributed by atoms with van der Waals surface area (Å²) in [5.41, 5.74) is -0.620. The molecule has 2 saturated heterocycles. The fourth-order valence-corrected chi connectivity index (χ4v) is 4.11. The number of carbonyl (C=O) groups is 1. The first-order valence-corrected chi connectivity index (χ1v) is 13.5. The van der Waals surface area contributed by atoms with Crippen LogP contribution < -0.4 is 10.3 Å². The van der Waals surface area contributed by atoms with Crippen LogP contribution in [0.1, 0.15) is 37.9 Å². The Labute approximate surface area is 237 Å². The van der Waals surface area contributed by atoms with Gasteiger partial charge in [0.15, 0.2) is 6.61 Å². The van der Waals surface area contributed by atoms with Crippen LogP contribution in [0.4, 0.5) is 13.2 Å². The SMILES string of the molecule is CCC.O=C(O)COc1ccc(CN2CCN(CC3OCCC(O)C3O)CC2)cc1.O=c1cccc(C(F)(F)F)[nH]1. The van der Waals surface area contributed by atoms with Crippen LogP contribution in [0.2, 0.25) is 0 Å². The quantitative estimate of drug-likeness (QED) is 0.386. The Bertz CT molecular complexity index is 1090. The smallest absolute Gasteiger partial charge is 0.431 e. The third-order valence-electron chi connectivity index (χ3n) is 6.19. The number of ether oxygens (including phenoxy) is 2. The fourth-order valence-electron chi connectivity index (χ4n) is 4.11. The summed E-state index contributed by atoms with van der Waals surface area (Å²) in [6.45, 7) is 9.50. The second-order valence-corrected chi connectivity index (χ2v) is 9.79. The van der Waals surface area contributed by atoms with Crippen LogP contribution in [0.3, 0.4) is 0 Å². The van der Waals surface area contributed by atoms with Crippen molar-refractivity contribution in [1.29, 1.82) is 0 Å². The highest BCUT2D eigenvalue weighted by atomic mass is 19.4. The molecule has 1 aromatic carbocycles. The molecule has 13 heteroatoms. The summed E-state index contributed by atoms with van der Waals surface area (Å²) in [6, 6.07) is 10.4. The topological polar surface area (TPSA) is 136 Å². The summed E-state index contributed by atoms with van der Waals surface area (Å²) in [5, 5.41) is 28.4. The zero-order valence-electron chi connectivity index (χ0n) is 23.3. The van der Waals surface area contributed by atoms with Gasteiger partial charge in [0.25, 0.3) is 0 Å². The highest BCUT2D eigenvalue weighted by Crippen LogP contribution is 2.26. The molecule has 230 valence electrons. The normalized spacial score (nSPS) is 21.6. The van der Waals surface area contributed by atoms with Crippen molar-refractivity contribution in [3.05, 3.63) is 64.1 Å². The lowest BCUT2D eigenvalue weighted by Gasteiger charge is -2.39. The highest BCUT2D eigenvalue weighted by Gasteiger charge is 2.33. The van der Waals surface area contributed by atoms with Gasteiger partial charge in [-0.3, -0.25) is 14.6 Å². The molecule has 2 aliphatic heterocycles. The number of H-pyrrole nitrogens is 1. The predicted octanol–water partition coefficient (Wildman–Crippen LogP) is 2.59. The summed E-state index contributed by atoms with van der Waals surface area (Å²) < 4.78 is 46.2. The largest absolute Gasteiger partial charge is 0.482 e. The van der Waals surface area contributed by atoms with Crippen LogP contribution in [0.25, 0.3) is 0 Å². The van der Waals surface area contributed by atoms with E-state index in [1.807, 2.05) is 12.1 Å². The molecule has 0 bridgehead atoms. The summed E-state index contributed by atoms with van der Waals surface area (Å²) in [5.74, 6) is -0.434. The number of halogens is 3. The van der Waals surface area contributed by atoms with Crippen LogP contribution in [0.15, 0.2) is 47.3 Å². The second kappa shape index (κ2) is 17.1. The van der Waals surface area contributed by atoms with Crippen LogP contribution in [-0.2, 0) is 22.3 Å². The van der Waals surface area contributed by atoms with Crippen molar-refractivity contribution in [3.63, 3.8) is 0 Å². The summed E-state index contributed by atoms with van der Waals surface area (Å²) in [7, 11) is 0. The molecular formula is C28H40F3N3O7. The van der Waals surface area contributed by atoms with Crippen molar-refractivity contribution in [3.8, 4) is 5.75 Å². The second-order valence-electron chi connectivity index (χ2n) is 9.79. The molecule has 41 heavy (non-hydrogen) atoms. The first-order chi connectivity index (χ1) is 19.4. The van der Waals surface area contributed by atoms with Gasteiger partial charge in [-0.2, -0.15) is 13.2 Å². The molecule has 0 radical (unpaired) electrons. The highest BCUT2D eigenvalue weighted by molar-refractivity contribution is 5.68. The Hall–Kier alpha value is -2.97. The number of aliphatic hydroxyl groups excluding tert-OH is 2. The van der Waals surface area contributed by atoms with Gasteiger partial charge in [0.05, 0.1) is 12.2 Å². The van der Waals surface area contributed by atoms with E-state index in [1.165, 1.54) is 6.42 Å². The van der Waals surface area contributed by atoms with E-state index in [0.29, 0.717) is 25.3 Å². The van der Waals surface area contributed by atoms with E-state index in [0.717, 1.165) is 56.5 Å². The number of hydrogen-bond donors (Lipinski definition) is 4. The molecule has 0 spiro atoms. The number of hydrogen-bond acceptors (Lipinski definition) is 8. The average Bonchev–Trinajstić information content (AvgIpc) is 2.92. The van der Waals surface area contributed by atoms with Crippen molar-refractivity contribution in [1.82, 2.24) is 14.8 Å². The number of rotatable bonds is 7. The van der Waals surface area contributed by atoms with Gasteiger partial charge in [0.2, 0.25) is 5.56 Å². The molecule has 10 nitrogen and oxygen atoms in total. The van der Waals surface area contributed by atoms with E-state index in [4.69, 9.17) is 14.6 Å². The maximum absolute atomic E-state index is 11.8. The van der Waals surface area contributed by atoms with Crippen LogP contribution in [0.5, 0.6) is 5.75 Å². The van der Waals surface area contributed by atoms with Gasteiger partial charge in [-0.15, -0.1) is 0 Å². The lowest BCUT2D eigenvalue weighted by Crippen LogP contribution is -2.54. The number of aromatic nitrogens is 1. The number of nitrogens with zero attached hydrogens (tertiary/aromatic N) is 2. The van der Waals surface area contributed by atoms with Gasteiger partial charge in [0, 0.05) is 51.9 Å². The molecule has 2 fully saturated rings. The lowest BCUT2D eigenvalue weighted by atomic mass is 10.0. The lowest BCUT2D eigenvalue weighted by molar-refractivity contribution is -0.143. The molecule has 4 N–H and O–H groups in total. The van der Waals surface area contributed by atoms with E-state index < -0.39 is 35.6 Å². The Morgan fingerprint density at radius 1 is 1.05 bits per heavy atom. The molecule has 2 aliphatic rings. The Kier molecular flexibility index (Phi) is 14.3. The first-order valence-electron chi connectivity index (χ1n) is 13.5. The van der Waals surface area contributed by atoms with Crippen molar-refractivity contribution in [2.24, 2.45) is 0 Å². The third-order valence-corrected chi connectivity index (χ3v) is 6.19. The minimum absolute atomic E-state index is 0.321. The van der Waals surface area contributed by atoms with Crippen LogP contribution >= 0.6 is 0 Å². The monoisotopic (exact) mass is 587 g/mol. The van der Waals surface area contributed by atoms with Gasteiger partial charge in [-0.25, -0.2) is 4.79 Å². The van der Waals surface area contributed by atoms with E-state index in [1.54, 1.807) is 17.1 Å². The minimum atomic E-state index is -4.47. The van der Waals surface area contributed by atoms with Gasteiger partial charge >= 0.3 is 12.1 Å². The fraction of sp³-hybridized carbons (Fsp3) is 0.571. The number of aromatic amines is 1. The first kappa shape index (κ1) is 34.2. The average molecular weight is 588 g/mol. The number of alkyl halides is 3. The third kappa shape index (κ3) is 12.6. The Balaban J connectivity index is 0.000000349. The predicted molar refractivity (Wildman–Crippen MR) is 146 cm³/mol. The number of pyridine rings is 1. The molecule has 0 aliphatic carbocycles. The molecule has 0 saturated carbocycles. The number of nitrogens with one attached hydrogen (secondary N) is 1.